The molecule has 0 bridgehead atoms. The third-order valence-corrected chi connectivity index (χ3v) is 4.65. The predicted molar refractivity (Wildman–Crippen MR) is 114 cm³/mol. The second-order valence-corrected chi connectivity index (χ2v) is 7.82. The van der Waals surface area contributed by atoms with Gasteiger partial charge in [-0.25, -0.2) is 14.2 Å². The summed E-state index contributed by atoms with van der Waals surface area (Å²) in [5, 5.41) is 16.4. The van der Waals surface area contributed by atoms with Crippen LogP contribution in [0.2, 0.25) is 0 Å². The van der Waals surface area contributed by atoms with Crippen molar-refractivity contribution >= 4 is 29.4 Å². The molecule has 4 N–H and O–H groups in total. The first kappa shape index (κ1) is 27.0. The number of carbonyl (C=O) groups is 2. The summed E-state index contributed by atoms with van der Waals surface area (Å²) in [6, 6.07) is 1.35. The zero-order valence-corrected chi connectivity index (χ0v) is 18.6. The lowest BCUT2D eigenvalue weighted by Gasteiger charge is -2.23. The maximum Gasteiger partial charge on any atom is 0.416 e. The van der Waals surface area contributed by atoms with Gasteiger partial charge in [0.15, 0.2) is 0 Å². The molecule has 1 saturated heterocycles. The summed E-state index contributed by atoms with van der Waals surface area (Å²) in [7, 11) is 0. The van der Waals surface area contributed by atoms with Crippen molar-refractivity contribution in [3.8, 4) is 0 Å². The van der Waals surface area contributed by atoms with E-state index < -0.39 is 45.8 Å². The van der Waals surface area contributed by atoms with E-state index in [0.29, 0.717) is 18.2 Å². The molecule has 0 atom stereocenters. The number of nitrogens with one attached hydrogen (secondary N) is 1. The van der Waals surface area contributed by atoms with E-state index in [1.54, 1.807) is 13.8 Å². The van der Waals surface area contributed by atoms with E-state index in [2.05, 4.69) is 15.3 Å². The highest BCUT2D eigenvalue weighted by Crippen LogP contribution is 2.33. The molecule has 190 valence electrons. The summed E-state index contributed by atoms with van der Waals surface area (Å²) in [6.45, 7) is 5.19. The van der Waals surface area contributed by atoms with Crippen molar-refractivity contribution in [2.75, 3.05) is 28.6 Å². The Morgan fingerprint density at radius 3 is 2.46 bits per heavy atom. The van der Waals surface area contributed by atoms with Gasteiger partial charge in [-0.1, -0.05) is 0 Å². The molecule has 16 heteroatoms. The van der Waals surface area contributed by atoms with E-state index in [-0.39, 0.29) is 30.4 Å². The molecule has 35 heavy (non-hydrogen) atoms. The lowest BCUT2D eigenvalue weighted by Crippen LogP contribution is -2.36. The molecular weight excluding hydrogens is 482 g/mol. The second-order valence-electron chi connectivity index (χ2n) is 7.82. The van der Waals surface area contributed by atoms with Gasteiger partial charge in [-0.3, -0.25) is 9.69 Å². The van der Waals surface area contributed by atoms with E-state index >= 15 is 0 Å². The topological polar surface area (TPSA) is 168 Å². The average molecular weight is 503 g/mol. The van der Waals surface area contributed by atoms with Gasteiger partial charge in [0.25, 0.3) is 11.0 Å². The van der Waals surface area contributed by atoms with Crippen molar-refractivity contribution in [2.24, 2.45) is 0 Å². The monoisotopic (exact) mass is 503 g/mol. The number of urea groups is 1. The zero-order valence-electron chi connectivity index (χ0n) is 18.6. The lowest BCUT2D eigenvalue weighted by molar-refractivity contribution is -0.742. The van der Waals surface area contributed by atoms with Gasteiger partial charge < -0.3 is 21.2 Å². The number of carbonyl (C=O) groups excluding carboxylic acids is 2. The van der Waals surface area contributed by atoms with Gasteiger partial charge >= 0.3 is 12.2 Å². The standard InChI is InChI=1S/C19H20F4N6O2.HNO3/c1-4-28(13-7-10(19(21,22)23)5-6-12(13)20)15(30)11-8-25-16(26-14(11)24)29-9-18(2,3)27-17(29)31;2-1(3)4/h5-8H,4,9H2,1-3H3,(H,27,31)(H2,24,25,26);(H,2,3,4). The molecule has 0 saturated carbocycles. The number of rotatable bonds is 4. The summed E-state index contributed by atoms with van der Waals surface area (Å²) >= 11 is 0. The highest BCUT2D eigenvalue weighted by Gasteiger charge is 2.37. The molecule has 0 unspecified atom stereocenters. The number of hydrogen-bond donors (Lipinski definition) is 3. The molecule has 3 amide bonds. The van der Waals surface area contributed by atoms with Gasteiger partial charge in [0.2, 0.25) is 5.95 Å². The van der Waals surface area contributed by atoms with E-state index in [0.717, 1.165) is 11.1 Å². The maximum absolute atomic E-state index is 14.3. The van der Waals surface area contributed by atoms with Crippen molar-refractivity contribution in [3.63, 3.8) is 0 Å². The third kappa shape index (κ3) is 6.42. The molecule has 0 aliphatic carbocycles. The highest BCUT2D eigenvalue weighted by atomic mass is 19.4. The quantitative estimate of drug-likeness (QED) is 0.325. The van der Waals surface area contributed by atoms with Crippen molar-refractivity contribution in [1.29, 1.82) is 0 Å². The van der Waals surface area contributed by atoms with Crippen LogP contribution in [0.25, 0.3) is 0 Å². The molecule has 2 aromatic rings. The van der Waals surface area contributed by atoms with Crippen LogP contribution in [0.15, 0.2) is 24.4 Å². The van der Waals surface area contributed by atoms with Crippen LogP contribution >= 0.6 is 0 Å². The van der Waals surface area contributed by atoms with Gasteiger partial charge in [0, 0.05) is 12.7 Å². The predicted octanol–water partition coefficient (Wildman–Crippen LogP) is 2.84. The fourth-order valence-electron chi connectivity index (χ4n) is 3.17. The Bertz CT molecular complexity index is 1140. The van der Waals surface area contributed by atoms with Gasteiger partial charge in [-0.2, -0.15) is 18.2 Å². The average Bonchev–Trinajstić information content (AvgIpc) is 3.00. The molecule has 1 fully saturated rings. The van der Waals surface area contributed by atoms with Crippen LogP contribution in [0.5, 0.6) is 0 Å². The number of nitrogens with two attached hydrogens (primary N) is 1. The first-order valence-corrected chi connectivity index (χ1v) is 9.81. The molecule has 0 radical (unpaired) electrons. The van der Waals surface area contributed by atoms with Gasteiger partial charge in [-0.05, 0) is 39.0 Å². The van der Waals surface area contributed by atoms with Crippen LogP contribution in [0.4, 0.5) is 39.8 Å². The molecule has 1 aliphatic rings. The molecule has 2 heterocycles. The Labute approximate surface area is 195 Å². The lowest BCUT2D eigenvalue weighted by atomic mass is 10.1. The first-order valence-electron chi connectivity index (χ1n) is 9.81. The Balaban J connectivity index is 0.00000100. The molecule has 1 aliphatic heterocycles. The molecule has 1 aromatic carbocycles. The number of hydrogen-bond acceptors (Lipinski definition) is 7. The molecule has 0 spiro atoms. The normalized spacial score (nSPS) is 14.6. The second kappa shape index (κ2) is 9.94. The SMILES string of the molecule is CCN(C(=O)c1cnc(N2CC(C)(C)NC2=O)nc1N)c1cc(C(F)(F)F)ccc1F.O=[N+]([O-])O. The van der Waals surface area contributed by atoms with E-state index in [1.807, 2.05) is 0 Å². The van der Waals surface area contributed by atoms with Gasteiger partial charge in [-0.15, -0.1) is 10.1 Å². The minimum absolute atomic E-state index is 0.0366. The van der Waals surface area contributed by atoms with E-state index in [1.165, 1.54) is 11.8 Å². The third-order valence-electron chi connectivity index (χ3n) is 4.65. The maximum atomic E-state index is 14.3. The fraction of sp³-hybridized carbons (Fsp3) is 0.368. The van der Waals surface area contributed by atoms with Crippen LogP contribution in [0.3, 0.4) is 0 Å². The van der Waals surface area contributed by atoms with Crippen molar-refractivity contribution in [3.05, 3.63) is 51.5 Å². The number of aromatic nitrogens is 2. The van der Waals surface area contributed by atoms with Crippen LogP contribution in [-0.4, -0.2) is 50.8 Å². The molecule has 1 aromatic heterocycles. The molecule has 12 nitrogen and oxygen atoms in total. The minimum atomic E-state index is -4.71. The smallest absolute Gasteiger partial charge is 0.383 e. The van der Waals surface area contributed by atoms with Crippen molar-refractivity contribution < 1.29 is 37.4 Å². The van der Waals surface area contributed by atoms with Gasteiger partial charge in [0.05, 0.1) is 23.3 Å². The van der Waals surface area contributed by atoms with Crippen LogP contribution < -0.4 is 20.9 Å². The number of amides is 3. The Kier molecular flexibility index (Phi) is 7.67. The fourth-order valence-corrected chi connectivity index (χ4v) is 3.17. The largest absolute Gasteiger partial charge is 0.416 e. The Hall–Kier alpha value is -4.24. The number of nitrogen functional groups attached to an aromatic ring is 1. The van der Waals surface area contributed by atoms with Crippen molar-refractivity contribution in [2.45, 2.75) is 32.5 Å². The number of benzene rings is 1. The zero-order chi connectivity index (χ0) is 26.7. The van der Waals surface area contributed by atoms with E-state index in [4.69, 9.17) is 21.1 Å². The van der Waals surface area contributed by atoms with Gasteiger partial charge in [0.1, 0.15) is 17.2 Å². The first-order chi connectivity index (χ1) is 16.1. The summed E-state index contributed by atoms with van der Waals surface area (Å²) in [5.74, 6) is -2.21. The number of nitrogens with zero attached hydrogens (tertiary/aromatic N) is 5. The van der Waals surface area contributed by atoms with Crippen LogP contribution in [0, 0.1) is 15.9 Å². The Morgan fingerprint density at radius 2 is 2.00 bits per heavy atom. The number of anilines is 3. The minimum Gasteiger partial charge on any atom is -0.383 e. The van der Waals surface area contributed by atoms with Crippen LogP contribution in [0.1, 0.15) is 36.7 Å². The van der Waals surface area contributed by atoms with E-state index in [9.17, 15) is 27.2 Å². The van der Waals surface area contributed by atoms with Crippen LogP contribution in [-0.2, 0) is 6.18 Å². The summed E-state index contributed by atoms with van der Waals surface area (Å²) in [5.41, 5.74) is 3.47. The number of halogens is 4. The van der Waals surface area contributed by atoms with Crippen molar-refractivity contribution in [1.82, 2.24) is 15.3 Å². The summed E-state index contributed by atoms with van der Waals surface area (Å²) < 4.78 is 53.4. The molecular formula is C19H21F4N7O5. The Morgan fingerprint density at radius 1 is 1.40 bits per heavy atom. The molecule has 3 rings (SSSR count). The summed E-state index contributed by atoms with van der Waals surface area (Å²) in [4.78, 5) is 43.4. The highest BCUT2D eigenvalue weighted by molar-refractivity contribution is 6.09. The summed E-state index contributed by atoms with van der Waals surface area (Å²) in [6.07, 6.45) is -3.65. The number of alkyl halides is 3.